The summed E-state index contributed by atoms with van der Waals surface area (Å²) in [5.74, 6) is -10.8. The molecule has 21 heavy (non-hydrogen) atoms. The van der Waals surface area contributed by atoms with Gasteiger partial charge in [0, 0.05) is 12.6 Å². The fourth-order valence-corrected chi connectivity index (χ4v) is 1.83. The molecule has 8 heteroatoms. The molecule has 1 saturated carbocycles. The van der Waals surface area contributed by atoms with Gasteiger partial charge >= 0.3 is 0 Å². The van der Waals surface area contributed by atoms with E-state index in [1.54, 1.807) is 0 Å². The van der Waals surface area contributed by atoms with Crippen LogP contribution in [0.2, 0.25) is 0 Å². The lowest BCUT2D eigenvalue weighted by Gasteiger charge is -2.04. The van der Waals surface area contributed by atoms with E-state index in [1.807, 2.05) is 0 Å². The Labute approximate surface area is 115 Å². The van der Waals surface area contributed by atoms with Gasteiger partial charge in [-0.15, -0.1) is 0 Å². The summed E-state index contributed by atoms with van der Waals surface area (Å²) >= 11 is 0. The second-order valence-corrected chi connectivity index (χ2v) is 4.74. The van der Waals surface area contributed by atoms with Crippen molar-refractivity contribution < 1.29 is 26.4 Å². The summed E-state index contributed by atoms with van der Waals surface area (Å²) in [6, 6.07) is 0.374. The molecule has 3 nitrogen and oxygen atoms in total. The van der Waals surface area contributed by atoms with Gasteiger partial charge in [0.2, 0.25) is 11.7 Å². The molecule has 0 aliphatic heterocycles. The number of nitrogens with one attached hydrogen (secondary N) is 1. The van der Waals surface area contributed by atoms with Gasteiger partial charge in [-0.2, -0.15) is 0 Å². The average Bonchev–Trinajstić information content (AvgIpc) is 3.20. The molecule has 1 heterocycles. The Morgan fingerprint density at radius 2 is 1.57 bits per heavy atom. The molecule has 0 spiro atoms. The van der Waals surface area contributed by atoms with Crippen LogP contribution < -0.4 is 5.32 Å². The van der Waals surface area contributed by atoms with E-state index in [1.165, 1.54) is 0 Å². The van der Waals surface area contributed by atoms with Gasteiger partial charge in [0.15, 0.2) is 23.3 Å². The molecule has 1 N–H and O–H groups in total. The molecule has 1 aliphatic rings. The topological polar surface area (TPSA) is 38.1 Å². The number of benzene rings is 1. The normalized spacial score (nSPS) is 14.7. The van der Waals surface area contributed by atoms with Gasteiger partial charge in [-0.3, -0.25) is 0 Å². The van der Waals surface area contributed by atoms with Crippen LogP contribution in [0.25, 0.3) is 11.5 Å². The lowest BCUT2D eigenvalue weighted by Crippen LogP contribution is -2.15. The molecule has 2 aromatic rings. The third-order valence-electron chi connectivity index (χ3n) is 3.12. The fourth-order valence-electron chi connectivity index (χ4n) is 1.83. The highest BCUT2D eigenvalue weighted by Crippen LogP contribution is 2.31. The SMILES string of the molecule is Fc1c(F)c(F)c(-c2nc(CNC3CC3)co2)c(F)c1F. The van der Waals surface area contributed by atoms with E-state index < -0.39 is 40.5 Å². The first-order valence-electron chi connectivity index (χ1n) is 6.18. The fraction of sp³-hybridized carbons (Fsp3) is 0.308. The third kappa shape index (κ3) is 2.51. The highest BCUT2D eigenvalue weighted by molar-refractivity contribution is 5.56. The summed E-state index contributed by atoms with van der Waals surface area (Å²) in [4.78, 5) is 3.75. The first-order chi connectivity index (χ1) is 9.99. The first kappa shape index (κ1) is 14.0. The van der Waals surface area contributed by atoms with Crippen molar-refractivity contribution in [2.45, 2.75) is 25.4 Å². The summed E-state index contributed by atoms with van der Waals surface area (Å²) < 4.78 is 71.2. The lowest BCUT2D eigenvalue weighted by atomic mass is 10.1. The van der Waals surface area contributed by atoms with Gasteiger partial charge in [-0.05, 0) is 12.8 Å². The van der Waals surface area contributed by atoms with Gasteiger partial charge in [0.1, 0.15) is 11.8 Å². The summed E-state index contributed by atoms with van der Waals surface area (Å²) in [5, 5.41) is 3.08. The van der Waals surface area contributed by atoms with Crippen molar-refractivity contribution >= 4 is 0 Å². The molecule has 0 saturated heterocycles. The third-order valence-corrected chi connectivity index (χ3v) is 3.12. The molecule has 1 aromatic heterocycles. The van der Waals surface area contributed by atoms with E-state index in [0.29, 0.717) is 18.3 Å². The Kier molecular flexibility index (Phi) is 3.40. The highest BCUT2D eigenvalue weighted by Gasteiger charge is 2.29. The van der Waals surface area contributed by atoms with Crippen molar-refractivity contribution in [2.75, 3.05) is 0 Å². The molecule has 0 radical (unpaired) electrons. The van der Waals surface area contributed by atoms with E-state index in [-0.39, 0.29) is 0 Å². The lowest BCUT2D eigenvalue weighted by molar-refractivity contribution is 0.378. The molecule has 1 fully saturated rings. The number of hydrogen-bond acceptors (Lipinski definition) is 3. The van der Waals surface area contributed by atoms with Crippen LogP contribution in [0.5, 0.6) is 0 Å². The molecule has 0 amide bonds. The molecule has 1 aromatic carbocycles. The maximum Gasteiger partial charge on any atom is 0.232 e. The number of halogens is 5. The maximum absolute atomic E-state index is 13.6. The van der Waals surface area contributed by atoms with E-state index in [0.717, 1.165) is 19.1 Å². The van der Waals surface area contributed by atoms with Crippen LogP contribution in [0, 0.1) is 29.1 Å². The Hall–Kier alpha value is -1.96. The van der Waals surface area contributed by atoms with Crippen LogP contribution in [-0.4, -0.2) is 11.0 Å². The monoisotopic (exact) mass is 304 g/mol. The minimum absolute atomic E-state index is 0.295. The second-order valence-electron chi connectivity index (χ2n) is 4.74. The van der Waals surface area contributed by atoms with Gasteiger partial charge in [0.25, 0.3) is 0 Å². The predicted molar refractivity (Wildman–Crippen MR) is 61.6 cm³/mol. The van der Waals surface area contributed by atoms with Crippen molar-refractivity contribution in [3.63, 3.8) is 0 Å². The van der Waals surface area contributed by atoms with Crippen molar-refractivity contribution in [1.29, 1.82) is 0 Å². The Bertz CT molecular complexity index is 667. The second kappa shape index (κ2) is 5.10. The Morgan fingerprint density at radius 3 is 2.14 bits per heavy atom. The van der Waals surface area contributed by atoms with Gasteiger partial charge < -0.3 is 9.73 Å². The van der Waals surface area contributed by atoms with Crippen LogP contribution in [0.3, 0.4) is 0 Å². The standard InChI is InChI=1S/C13H9F5N2O/c14-8-7(9(15)11(17)12(18)10(8)16)13-20-6(4-21-13)3-19-5-1-2-5/h4-5,19H,1-3H2. The largest absolute Gasteiger partial charge is 0.444 e. The molecule has 0 unspecified atom stereocenters. The smallest absolute Gasteiger partial charge is 0.232 e. The van der Waals surface area contributed by atoms with Gasteiger partial charge in [-0.25, -0.2) is 26.9 Å². The number of nitrogens with zero attached hydrogens (tertiary/aromatic N) is 1. The summed E-state index contributed by atoms with van der Waals surface area (Å²) in [6.45, 7) is 0.295. The molecule has 3 rings (SSSR count). The number of rotatable bonds is 4. The van der Waals surface area contributed by atoms with E-state index in [2.05, 4.69) is 10.3 Å². The summed E-state index contributed by atoms with van der Waals surface area (Å²) in [5.41, 5.74) is -0.843. The number of hydrogen-bond donors (Lipinski definition) is 1. The molecular formula is C13H9F5N2O. The van der Waals surface area contributed by atoms with E-state index >= 15 is 0 Å². The Balaban J connectivity index is 1.96. The zero-order chi connectivity index (χ0) is 15.1. The van der Waals surface area contributed by atoms with Crippen LogP contribution in [0.15, 0.2) is 10.7 Å². The van der Waals surface area contributed by atoms with E-state index in [4.69, 9.17) is 4.42 Å². The van der Waals surface area contributed by atoms with Crippen LogP contribution in [0.4, 0.5) is 22.0 Å². The zero-order valence-electron chi connectivity index (χ0n) is 10.5. The molecule has 0 atom stereocenters. The number of oxazole rings is 1. The molecular weight excluding hydrogens is 295 g/mol. The van der Waals surface area contributed by atoms with E-state index in [9.17, 15) is 22.0 Å². The van der Waals surface area contributed by atoms with Gasteiger partial charge in [0.05, 0.1) is 5.69 Å². The maximum atomic E-state index is 13.6. The predicted octanol–water partition coefficient (Wildman–Crippen LogP) is 3.29. The molecule has 112 valence electrons. The quantitative estimate of drug-likeness (QED) is 0.535. The first-order valence-corrected chi connectivity index (χ1v) is 6.18. The van der Waals surface area contributed by atoms with Crippen LogP contribution in [0.1, 0.15) is 18.5 Å². The summed E-state index contributed by atoms with van der Waals surface area (Å²) in [7, 11) is 0. The van der Waals surface area contributed by atoms with Crippen molar-refractivity contribution in [1.82, 2.24) is 10.3 Å². The molecule has 0 bridgehead atoms. The summed E-state index contributed by atoms with van der Waals surface area (Å²) in [6.07, 6.45) is 3.17. The van der Waals surface area contributed by atoms with Crippen molar-refractivity contribution in [2.24, 2.45) is 0 Å². The highest BCUT2D eigenvalue weighted by atomic mass is 19.2. The molecule has 1 aliphatic carbocycles. The minimum atomic E-state index is -2.21. The van der Waals surface area contributed by atoms with Gasteiger partial charge in [-0.1, -0.05) is 0 Å². The zero-order valence-corrected chi connectivity index (χ0v) is 10.5. The Morgan fingerprint density at radius 1 is 1.00 bits per heavy atom. The van der Waals surface area contributed by atoms with Crippen molar-refractivity contribution in [3.8, 4) is 11.5 Å². The van der Waals surface area contributed by atoms with Crippen LogP contribution >= 0.6 is 0 Å². The van der Waals surface area contributed by atoms with Crippen molar-refractivity contribution in [3.05, 3.63) is 41.0 Å². The van der Waals surface area contributed by atoms with Crippen LogP contribution in [-0.2, 0) is 6.54 Å². The average molecular weight is 304 g/mol. The number of aromatic nitrogens is 1. The minimum Gasteiger partial charge on any atom is -0.444 e.